The summed E-state index contributed by atoms with van der Waals surface area (Å²) in [5, 5.41) is 0. The van der Waals surface area contributed by atoms with E-state index in [0.717, 1.165) is 0 Å². The van der Waals surface area contributed by atoms with Crippen LogP contribution in [0.1, 0.15) is 41.5 Å². The highest BCUT2D eigenvalue weighted by molar-refractivity contribution is 7.89. The number of benzene rings is 2. The summed E-state index contributed by atoms with van der Waals surface area (Å²) in [5.74, 6) is -0.983. The highest BCUT2D eigenvalue weighted by Crippen LogP contribution is 2.17. The van der Waals surface area contributed by atoms with Crippen molar-refractivity contribution < 1.29 is 22.7 Å². The highest BCUT2D eigenvalue weighted by Gasteiger charge is 2.23. The molecule has 0 aliphatic carbocycles. The largest absolute Gasteiger partial charge is 0.451 e. The molecule has 0 aromatic heterocycles. The Hall–Kier alpha value is -2.51. The second-order valence-corrected chi connectivity index (χ2v) is 7.83. The average Bonchev–Trinajstić information content (AvgIpc) is 2.68. The number of ketones is 1. The van der Waals surface area contributed by atoms with Crippen molar-refractivity contribution in [1.82, 2.24) is 4.31 Å². The van der Waals surface area contributed by atoms with Crippen LogP contribution < -0.4 is 0 Å². The molecule has 7 heteroatoms. The molecule has 0 N–H and O–H groups in total. The Morgan fingerprint density at radius 1 is 0.926 bits per heavy atom. The van der Waals surface area contributed by atoms with E-state index in [2.05, 4.69) is 0 Å². The van der Waals surface area contributed by atoms with Gasteiger partial charge in [0.15, 0.2) is 6.10 Å². The third-order valence-corrected chi connectivity index (χ3v) is 6.21. The van der Waals surface area contributed by atoms with Crippen LogP contribution in [0.15, 0.2) is 59.5 Å². The molecule has 0 bridgehead atoms. The second-order valence-electron chi connectivity index (χ2n) is 5.89. The molecule has 2 aromatic carbocycles. The molecule has 0 fully saturated rings. The van der Waals surface area contributed by atoms with Crippen molar-refractivity contribution in [2.75, 3.05) is 13.1 Å². The Labute approximate surface area is 159 Å². The fourth-order valence-corrected chi connectivity index (χ4v) is 4.05. The normalized spacial score (nSPS) is 12.6. The van der Waals surface area contributed by atoms with E-state index in [1.165, 1.54) is 35.5 Å². The van der Waals surface area contributed by atoms with E-state index < -0.39 is 22.1 Å². The number of carbonyl (C=O) groups excluding carboxylic acids is 2. The Balaban J connectivity index is 2.11. The van der Waals surface area contributed by atoms with E-state index in [4.69, 9.17) is 4.74 Å². The van der Waals surface area contributed by atoms with Crippen molar-refractivity contribution in [3.63, 3.8) is 0 Å². The van der Waals surface area contributed by atoms with Crippen LogP contribution >= 0.6 is 0 Å². The fourth-order valence-electron chi connectivity index (χ4n) is 2.59. The molecule has 0 aliphatic heterocycles. The Morgan fingerprint density at radius 2 is 1.48 bits per heavy atom. The summed E-state index contributed by atoms with van der Waals surface area (Å²) in [6, 6.07) is 14.1. The van der Waals surface area contributed by atoms with Crippen molar-refractivity contribution in [1.29, 1.82) is 0 Å². The quantitative estimate of drug-likeness (QED) is 0.512. The van der Waals surface area contributed by atoms with Gasteiger partial charge in [-0.15, -0.1) is 0 Å². The van der Waals surface area contributed by atoms with Crippen LogP contribution in [-0.4, -0.2) is 43.7 Å². The van der Waals surface area contributed by atoms with E-state index in [-0.39, 0.29) is 16.2 Å². The number of Topliss-reactive ketones (excluding diaryl/α,β-unsaturated/α-hetero) is 1. The van der Waals surface area contributed by atoms with Crippen LogP contribution in [-0.2, 0) is 14.8 Å². The number of hydrogen-bond donors (Lipinski definition) is 0. The standard InChI is InChI=1S/C20H23NO5S/c1-4-21(5-2)27(24,25)18-13-11-17(12-14-18)20(23)26-15(3)19(22)16-9-7-6-8-10-16/h6-15H,4-5H2,1-3H3. The lowest BCUT2D eigenvalue weighted by atomic mass is 10.1. The van der Waals surface area contributed by atoms with Gasteiger partial charge in [0.05, 0.1) is 10.5 Å². The van der Waals surface area contributed by atoms with Gasteiger partial charge in [-0.25, -0.2) is 13.2 Å². The Bertz CT molecular complexity index is 888. The predicted octanol–water partition coefficient (Wildman–Crippen LogP) is 3.15. The summed E-state index contributed by atoms with van der Waals surface area (Å²) in [5.41, 5.74) is 0.639. The third-order valence-electron chi connectivity index (χ3n) is 4.14. The Kier molecular flexibility index (Phi) is 6.87. The van der Waals surface area contributed by atoms with Crippen LogP contribution in [0.3, 0.4) is 0 Å². The summed E-state index contributed by atoms with van der Waals surface area (Å²) < 4.78 is 31.5. The van der Waals surface area contributed by atoms with Gasteiger partial charge in [-0.05, 0) is 31.2 Å². The molecule has 0 aliphatic rings. The fraction of sp³-hybridized carbons (Fsp3) is 0.300. The topological polar surface area (TPSA) is 80.8 Å². The molecule has 2 rings (SSSR count). The second kappa shape index (κ2) is 8.92. The first kappa shape index (κ1) is 20.8. The lowest BCUT2D eigenvalue weighted by molar-refractivity contribution is 0.0318. The van der Waals surface area contributed by atoms with Crippen LogP contribution in [0.2, 0.25) is 0 Å². The van der Waals surface area contributed by atoms with Crippen molar-refractivity contribution in [3.8, 4) is 0 Å². The molecule has 0 heterocycles. The van der Waals surface area contributed by atoms with E-state index in [9.17, 15) is 18.0 Å². The molecule has 1 atom stereocenters. The van der Waals surface area contributed by atoms with Gasteiger partial charge >= 0.3 is 5.97 Å². The van der Waals surface area contributed by atoms with Crippen molar-refractivity contribution in [3.05, 3.63) is 65.7 Å². The number of nitrogens with zero attached hydrogens (tertiary/aromatic N) is 1. The zero-order valence-electron chi connectivity index (χ0n) is 15.6. The monoisotopic (exact) mass is 389 g/mol. The molecule has 144 valence electrons. The SMILES string of the molecule is CCN(CC)S(=O)(=O)c1ccc(C(=O)OC(C)C(=O)c2ccccc2)cc1. The van der Waals surface area contributed by atoms with E-state index in [0.29, 0.717) is 18.7 Å². The number of esters is 1. The first-order valence-corrected chi connectivity index (χ1v) is 10.2. The molecule has 0 saturated carbocycles. The Morgan fingerprint density at radius 3 is 2.00 bits per heavy atom. The van der Waals surface area contributed by atoms with Gasteiger partial charge in [0.2, 0.25) is 15.8 Å². The molecule has 2 aromatic rings. The maximum Gasteiger partial charge on any atom is 0.338 e. The maximum atomic E-state index is 12.5. The van der Waals surface area contributed by atoms with Gasteiger partial charge < -0.3 is 4.74 Å². The molecular weight excluding hydrogens is 366 g/mol. The number of rotatable bonds is 8. The van der Waals surface area contributed by atoms with Gasteiger partial charge in [-0.2, -0.15) is 4.31 Å². The zero-order valence-corrected chi connectivity index (χ0v) is 16.4. The minimum absolute atomic E-state index is 0.108. The van der Waals surface area contributed by atoms with Crippen molar-refractivity contribution in [2.24, 2.45) is 0 Å². The number of hydrogen-bond acceptors (Lipinski definition) is 5. The minimum Gasteiger partial charge on any atom is -0.451 e. The van der Waals surface area contributed by atoms with Crippen LogP contribution in [0.4, 0.5) is 0 Å². The van der Waals surface area contributed by atoms with Gasteiger partial charge in [-0.1, -0.05) is 44.2 Å². The van der Waals surface area contributed by atoms with Gasteiger partial charge in [0, 0.05) is 18.7 Å². The van der Waals surface area contributed by atoms with Crippen LogP contribution in [0, 0.1) is 0 Å². The van der Waals surface area contributed by atoms with Crippen molar-refractivity contribution in [2.45, 2.75) is 31.8 Å². The van der Waals surface area contributed by atoms with E-state index in [1.54, 1.807) is 44.2 Å². The summed E-state index contributed by atoms with van der Waals surface area (Å²) >= 11 is 0. The molecule has 0 radical (unpaired) electrons. The van der Waals surface area contributed by atoms with Crippen LogP contribution in [0.5, 0.6) is 0 Å². The minimum atomic E-state index is -3.59. The predicted molar refractivity (Wildman–Crippen MR) is 102 cm³/mol. The van der Waals surface area contributed by atoms with Crippen molar-refractivity contribution >= 4 is 21.8 Å². The highest BCUT2D eigenvalue weighted by atomic mass is 32.2. The summed E-state index contributed by atoms with van der Waals surface area (Å²) in [7, 11) is -3.59. The zero-order chi connectivity index (χ0) is 20.0. The molecular formula is C20H23NO5S. The van der Waals surface area contributed by atoms with E-state index in [1.807, 2.05) is 0 Å². The first-order chi connectivity index (χ1) is 12.8. The smallest absolute Gasteiger partial charge is 0.338 e. The molecule has 0 saturated heterocycles. The molecule has 0 spiro atoms. The lowest BCUT2D eigenvalue weighted by Gasteiger charge is -2.18. The summed E-state index contributed by atoms with van der Waals surface area (Å²) in [4.78, 5) is 24.6. The van der Waals surface area contributed by atoms with E-state index >= 15 is 0 Å². The number of ether oxygens (including phenoxy) is 1. The first-order valence-electron chi connectivity index (χ1n) is 8.71. The molecule has 1 unspecified atom stereocenters. The summed E-state index contributed by atoms with van der Waals surface area (Å²) in [6.45, 7) is 5.76. The van der Waals surface area contributed by atoms with Crippen LogP contribution in [0.25, 0.3) is 0 Å². The lowest BCUT2D eigenvalue weighted by Crippen LogP contribution is -2.30. The maximum absolute atomic E-state index is 12.5. The van der Waals surface area contributed by atoms with Gasteiger partial charge in [0.1, 0.15) is 0 Å². The molecule has 0 amide bonds. The molecule has 6 nitrogen and oxygen atoms in total. The number of carbonyl (C=O) groups is 2. The van der Waals surface area contributed by atoms with Gasteiger partial charge in [-0.3, -0.25) is 4.79 Å². The average molecular weight is 389 g/mol. The third kappa shape index (κ3) is 4.81. The number of sulfonamides is 1. The molecule has 27 heavy (non-hydrogen) atoms. The summed E-state index contributed by atoms with van der Waals surface area (Å²) in [6.07, 6.45) is -0.945. The van der Waals surface area contributed by atoms with Gasteiger partial charge in [0.25, 0.3) is 0 Å².